The van der Waals surface area contributed by atoms with Crippen molar-refractivity contribution in [1.82, 2.24) is 9.97 Å². The van der Waals surface area contributed by atoms with Gasteiger partial charge in [-0.05, 0) is 46.6 Å². The molecule has 0 saturated heterocycles. The van der Waals surface area contributed by atoms with E-state index >= 15 is 0 Å². The van der Waals surface area contributed by atoms with Crippen LogP contribution in [0.4, 0.5) is 0 Å². The zero-order valence-electron chi connectivity index (χ0n) is 7.18. The smallest absolute Gasteiger partial charge is 0.223 e. The maximum absolute atomic E-state index is 5.94. The van der Waals surface area contributed by atoms with Gasteiger partial charge in [-0.1, -0.05) is 11.6 Å². The molecule has 1 heterocycles. The predicted octanol–water partition coefficient (Wildman–Crippen LogP) is 4.01. The maximum Gasteiger partial charge on any atom is 0.223 e. The van der Waals surface area contributed by atoms with Crippen molar-refractivity contribution in [3.63, 3.8) is 0 Å². The number of aryl methyl sites for hydroxylation is 1. The Hall–Kier alpha value is -0.380. The van der Waals surface area contributed by atoms with Crippen LogP contribution < -0.4 is 0 Å². The van der Waals surface area contributed by atoms with E-state index in [1.165, 1.54) is 0 Å². The van der Waals surface area contributed by atoms with Crippen LogP contribution in [0.25, 0.3) is 10.9 Å². The van der Waals surface area contributed by atoms with Gasteiger partial charge in [0.1, 0.15) is 0 Å². The summed E-state index contributed by atoms with van der Waals surface area (Å²) in [5.41, 5.74) is 1.60. The fourth-order valence-corrected chi connectivity index (χ4v) is 1.96. The molecule has 1 aromatic carbocycles. The van der Waals surface area contributed by atoms with Gasteiger partial charge in [-0.25, -0.2) is 9.97 Å². The Morgan fingerprint density at radius 1 is 1.21 bits per heavy atom. The van der Waals surface area contributed by atoms with E-state index in [0.29, 0.717) is 5.02 Å². The van der Waals surface area contributed by atoms with Gasteiger partial charge in [0, 0.05) is 9.86 Å². The molecule has 1 aromatic heterocycles. The van der Waals surface area contributed by atoms with Gasteiger partial charge < -0.3 is 0 Å². The fourth-order valence-electron chi connectivity index (χ4n) is 1.24. The first-order valence-electron chi connectivity index (χ1n) is 3.87. The molecule has 0 amide bonds. The zero-order valence-corrected chi connectivity index (χ0v) is 10.3. The molecule has 0 fully saturated rings. The summed E-state index contributed by atoms with van der Waals surface area (Å²) in [4.78, 5) is 8.15. The van der Waals surface area contributed by atoms with Crippen LogP contribution in [0.3, 0.4) is 0 Å². The Morgan fingerprint density at radius 3 is 2.64 bits per heavy atom. The first-order valence-corrected chi connectivity index (χ1v) is 5.42. The van der Waals surface area contributed by atoms with Gasteiger partial charge in [0.05, 0.1) is 16.2 Å². The summed E-state index contributed by atoms with van der Waals surface area (Å²) in [6.07, 6.45) is 0. The summed E-state index contributed by atoms with van der Waals surface area (Å²) in [5.74, 6) is 0. The molecule has 0 unspecified atom stereocenters. The molecule has 5 heteroatoms. The lowest BCUT2D eigenvalue weighted by Crippen LogP contribution is -1.90. The third-order valence-electron chi connectivity index (χ3n) is 1.90. The number of halogens is 3. The SMILES string of the molecule is Cc1nc(Cl)nc2cc(Cl)c(Br)cc12. The highest BCUT2D eigenvalue weighted by Crippen LogP contribution is 2.28. The fraction of sp³-hybridized carbons (Fsp3) is 0.111. The predicted molar refractivity (Wildman–Crippen MR) is 62.0 cm³/mol. The van der Waals surface area contributed by atoms with Crippen molar-refractivity contribution in [1.29, 1.82) is 0 Å². The second-order valence-corrected chi connectivity index (χ2v) is 4.46. The van der Waals surface area contributed by atoms with Crippen LogP contribution >= 0.6 is 39.1 Å². The van der Waals surface area contributed by atoms with Crippen molar-refractivity contribution in [2.45, 2.75) is 6.92 Å². The van der Waals surface area contributed by atoms with E-state index in [1.807, 2.05) is 13.0 Å². The van der Waals surface area contributed by atoms with Crippen LogP contribution in [0.5, 0.6) is 0 Å². The van der Waals surface area contributed by atoms with E-state index in [0.717, 1.165) is 21.1 Å². The van der Waals surface area contributed by atoms with E-state index in [4.69, 9.17) is 23.2 Å². The molecular weight excluding hydrogens is 287 g/mol. The number of nitrogens with zero attached hydrogens (tertiary/aromatic N) is 2. The summed E-state index contributed by atoms with van der Waals surface area (Å²) in [6, 6.07) is 3.66. The van der Waals surface area contributed by atoms with Gasteiger partial charge >= 0.3 is 0 Å². The average molecular weight is 292 g/mol. The Bertz CT molecular complexity index is 514. The van der Waals surface area contributed by atoms with Crippen LogP contribution in [0, 0.1) is 6.92 Å². The van der Waals surface area contributed by atoms with Crippen molar-refractivity contribution in [2.75, 3.05) is 0 Å². The highest BCUT2D eigenvalue weighted by molar-refractivity contribution is 9.10. The quantitative estimate of drug-likeness (QED) is 0.686. The lowest BCUT2D eigenvalue weighted by molar-refractivity contribution is 1.15. The summed E-state index contributed by atoms with van der Waals surface area (Å²) < 4.78 is 0.834. The highest BCUT2D eigenvalue weighted by Gasteiger charge is 2.06. The van der Waals surface area contributed by atoms with E-state index in [-0.39, 0.29) is 5.28 Å². The van der Waals surface area contributed by atoms with Crippen LogP contribution in [0.2, 0.25) is 10.3 Å². The molecule has 0 aliphatic rings. The Balaban J connectivity index is 2.89. The van der Waals surface area contributed by atoms with Crippen molar-refractivity contribution >= 4 is 50.0 Å². The molecule has 0 atom stereocenters. The standard InChI is InChI=1S/C9H5BrCl2N2/c1-4-5-2-6(10)7(11)3-8(5)14-9(12)13-4/h2-3H,1H3. The summed E-state index contributed by atoms with van der Waals surface area (Å²) in [6.45, 7) is 1.89. The molecule has 0 aliphatic heterocycles. The molecule has 0 spiro atoms. The van der Waals surface area contributed by atoms with Gasteiger partial charge in [0.25, 0.3) is 0 Å². The molecule has 0 bridgehead atoms. The second-order valence-electron chi connectivity index (χ2n) is 2.86. The summed E-state index contributed by atoms with van der Waals surface area (Å²) >= 11 is 15.0. The number of fused-ring (bicyclic) bond motifs is 1. The first-order chi connectivity index (χ1) is 6.58. The molecular formula is C9H5BrCl2N2. The van der Waals surface area contributed by atoms with Gasteiger partial charge in [-0.3, -0.25) is 0 Å². The minimum Gasteiger partial charge on any atom is -0.223 e. The largest absolute Gasteiger partial charge is 0.223 e. The second kappa shape index (κ2) is 3.65. The molecule has 2 rings (SSSR count). The lowest BCUT2D eigenvalue weighted by atomic mass is 10.2. The molecule has 0 N–H and O–H groups in total. The van der Waals surface area contributed by atoms with Gasteiger partial charge in [0.2, 0.25) is 5.28 Å². The van der Waals surface area contributed by atoms with E-state index in [9.17, 15) is 0 Å². The molecule has 0 aliphatic carbocycles. The minimum absolute atomic E-state index is 0.244. The van der Waals surface area contributed by atoms with Crippen LogP contribution in [-0.4, -0.2) is 9.97 Å². The zero-order chi connectivity index (χ0) is 10.3. The van der Waals surface area contributed by atoms with E-state index < -0.39 is 0 Å². The number of benzene rings is 1. The highest BCUT2D eigenvalue weighted by atomic mass is 79.9. The topological polar surface area (TPSA) is 25.8 Å². The minimum atomic E-state index is 0.244. The maximum atomic E-state index is 5.94. The average Bonchev–Trinajstić information content (AvgIpc) is 2.08. The van der Waals surface area contributed by atoms with E-state index in [1.54, 1.807) is 6.07 Å². The van der Waals surface area contributed by atoms with Gasteiger partial charge in [0.15, 0.2) is 0 Å². The molecule has 72 valence electrons. The van der Waals surface area contributed by atoms with E-state index in [2.05, 4.69) is 25.9 Å². The number of hydrogen-bond donors (Lipinski definition) is 0. The van der Waals surface area contributed by atoms with Gasteiger partial charge in [-0.15, -0.1) is 0 Å². The molecule has 0 saturated carbocycles. The van der Waals surface area contributed by atoms with Crippen molar-refractivity contribution in [2.24, 2.45) is 0 Å². The third kappa shape index (κ3) is 1.72. The van der Waals surface area contributed by atoms with Crippen LogP contribution in [0.15, 0.2) is 16.6 Å². The number of aromatic nitrogens is 2. The van der Waals surface area contributed by atoms with Crippen molar-refractivity contribution in [3.05, 3.63) is 32.6 Å². The van der Waals surface area contributed by atoms with Crippen LogP contribution in [0.1, 0.15) is 5.69 Å². The summed E-state index contributed by atoms with van der Waals surface area (Å²) in [7, 11) is 0. The molecule has 2 aromatic rings. The van der Waals surface area contributed by atoms with Gasteiger partial charge in [-0.2, -0.15) is 0 Å². The molecule has 14 heavy (non-hydrogen) atoms. The summed E-state index contributed by atoms with van der Waals surface area (Å²) in [5, 5.41) is 1.81. The number of hydrogen-bond acceptors (Lipinski definition) is 2. The lowest BCUT2D eigenvalue weighted by Gasteiger charge is -2.03. The van der Waals surface area contributed by atoms with Crippen molar-refractivity contribution in [3.8, 4) is 0 Å². The first kappa shape index (κ1) is 10.1. The monoisotopic (exact) mass is 290 g/mol. The normalized spacial score (nSPS) is 10.9. The Labute approximate surface area is 99.4 Å². The molecule has 2 nitrogen and oxygen atoms in total. The Morgan fingerprint density at radius 2 is 1.93 bits per heavy atom. The number of rotatable bonds is 0. The van der Waals surface area contributed by atoms with Crippen LogP contribution in [-0.2, 0) is 0 Å². The Kier molecular flexibility index (Phi) is 2.64. The third-order valence-corrected chi connectivity index (χ3v) is 3.27. The van der Waals surface area contributed by atoms with Crippen molar-refractivity contribution < 1.29 is 0 Å². The molecule has 0 radical (unpaired) electrons.